The molecule has 1 aromatic heterocycles. The molecule has 29 heavy (non-hydrogen) atoms. The van der Waals surface area contributed by atoms with Gasteiger partial charge in [0.15, 0.2) is 11.9 Å². The van der Waals surface area contributed by atoms with Crippen LogP contribution >= 0.6 is 0 Å². The van der Waals surface area contributed by atoms with E-state index in [1.165, 1.54) is 12.3 Å². The van der Waals surface area contributed by atoms with E-state index in [-0.39, 0.29) is 18.7 Å². The molecule has 0 aliphatic rings. The average molecular weight is 395 g/mol. The van der Waals surface area contributed by atoms with Crippen molar-refractivity contribution in [2.24, 2.45) is 0 Å². The largest absolute Gasteiger partial charge is 0.481 e. The molecule has 0 fully saturated rings. The second kappa shape index (κ2) is 9.41. The van der Waals surface area contributed by atoms with Crippen molar-refractivity contribution in [1.82, 2.24) is 16.2 Å². The fourth-order valence-corrected chi connectivity index (χ4v) is 2.58. The van der Waals surface area contributed by atoms with Crippen molar-refractivity contribution < 1.29 is 23.5 Å². The number of amides is 3. The SMILES string of the molecule is C[C@H](Oc1ccc2ccccc2c1)C(=O)NNC(=O)CCNC(=O)c1ccco1. The van der Waals surface area contributed by atoms with Gasteiger partial charge >= 0.3 is 0 Å². The van der Waals surface area contributed by atoms with Crippen LogP contribution in [0.15, 0.2) is 65.3 Å². The van der Waals surface area contributed by atoms with Crippen LogP contribution in [0.1, 0.15) is 23.9 Å². The topological polar surface area (TPSA) is 110 Å². The zero-order valence-corrected chi connectivity index (χ0v) is 15.8. The van der Waals surface area contributed by atoms with Crippen molar-refractivity contribution in [2.45, 2.75) is 19.4 Å². The van der Waals surface area contributed by atoms with E-state index in [1.54, 1.807) is 19.1 Å². The summed E-state index contributed by atoms with van der Waals surface area (Å²) in [4.78, 5) is 35.6. The summed E-state index contributed by atoms with van der Waals surface area (Å²) in [5.41, 5.74) is 4.60. The lowest BCUT2D eigenvalue weighted by Crippen LogP contribution is -2.47. The van der Waals surface area contributed by atoms with Gasteiger partial charge in [0.05, 0.1) is 6.26 Å². The van der Waals surface area contributed by atoms with Gasteiger partial charge in [0.1, 0.15) is 5.75 Å². The molecule has 0 spiro atoms. The van der Waals surface area contributed by atoms with Crippen molar-refractivity contribution in [3.63, 3.8) is 0 Å². The molecule has 0 saturated carbocycles. The van der Waals surface area contributed by atoms with Crippen molar-refractivity contribution in [1.29, 1.82) is 0 Å². The Kier molecular flexibility index (Phi) is 6.47. The summed E-state index contributed by atoms with van der Waals surface area (Å²) in [7, 11) is 0. The Hall–Kier alpha value is -3.81. The molecule has 3 amide bonds. The summed E-state index contributed by atoms with van der Waals surface area (Å²) < 4.78 is 10.6. The third-order valence-corrected chi connectivity index (χ3v) is 4.11. The molecule has 1 atom stereocenters. The second-order valence-corrected chi connectivity index (χ2v) is 6.29. The van der Waals surface area contributed by atoms with E-state index in [9.17, 15) is 14.4 Å². The molecular formula is C21H21N3O5. The van der Waals surface area contributed by atoms with Crippen LogP contribution in [0.5, 0.6) is 5.75 Å². The van der Waals surface area contributed by atoms with Crippen LogP contribution in [0.2, 0.25) is 0 Å². The number of carbonyl (C=O) groups is 3. The van der Waals surface area contributed by atoms with E-state index in [4.69, 9.17) is 9.15 Å². The monoisotopic (exact) mass is 395 g/mol. The van der Waals surface area contributed by atoms with Gasteiger partial charge in [-0.2, -0.15) is 0 Å². The summed E-state index contributed by atoms with van der Waals surface area (Å²) in [5, 5.41) is 4.62. The minimum Gasteiger partial charge on any atom is -0.481 e. The van der Waals surface area contributed by atoms with Gasteiger partial charge < -0.3 is 14.5 Å². The first kappa shape index (κ1) is 19.9. The van der Waals surface area contributed by atoms with Crippen molar-refractivity contribution in [3.05, 3.63) is 66.6 Å². The van der Waals surface area contributed by atoms with Gasteiger partial charge in [0.25, 0.3) is 11.8 Å². The minimum atomic E-state index is -0.810. The van der Waals surface area contributed by atoms with E-state index >= 15 is 0 Å². The summed E-state index contributed by atoms with van der Waals surface area (Å²) in [6.07, 6.45) is 0.570. The van der Waals surface area contributed by atoms with Crippen LogP contribution in [0.3, 0.4) is 0 Å². The first-order chi connectivity index (χ1) is 14.0. The summed E-state index contributed by atoms with van der Waals surface area (Å²) in [6.45, 7) is 1.69. The smallest absolute Gasteiger partial charge is 0.286 e. The van der Waals surface area contributed by atoms with Gasteiger partial charge in [0.2, 0.25) is 5.91 Å². The number of carbonyl (C=O) groups excluding carboxylic acids is 3. The zero-order valence-electron chi connectivity index (χ0n) is 15.8. The minimum absolute atomic E-state index is 0.00730. The standard InChI is InChI=1S/C21H21N3O5/c1-14(29-17-9-8-15-5-2-3-6-16(15)13-17)20(26)24-23-19(25)10-11-22-21(27)18-7-4-12-28-18/h2-9,12-14H,10-11H2,1H3,(H,22,27)(H,23,25)(H,24,26)/t14-/m0/s1. The molecule has 0 aliphatic carbocycles. The Morgan fingerprint density at radius 1 is 1.00 bits per heavy atom. The lowest BCUT2D eigenvalue weighted by atomic mass is 10.1. The van der Waals surface area contributed by atoms with E-state index in [2.05, 4.69) is 16.2 Å². The molecule has 0 saturated heterocycles. The van der Waals surface area contributed by atoms with Gasteiger partial charge in [-0.1, -0.05) is 30.3 Å². The van der Waals surface area contributed by atoms with Gasteiger partial charge in [-0.25, -0.2) is 0 Å². The summed E-state index contributed by atoms with van der Waals surface area (Å²) >= 11 is 0. The maximum absolute atomic E-state index is 12.1. The quantitative estimate of drug-likeness (QED) is 0.531. The Morgan fingerprint density at radius 2 is 1.79 bits per heavy atom. The highest BCUT2D eigenvalue weighted by atomic mass is 16.5. The second-order valence-electron chi connectivity index (χ2n) is 6.29. The van der Waals surface area contributed by atoms with Crippen LogP contribution in [0.4, 0.5) is 0 Å². The number of hydrogen-bond acceptors (Lipinski definition) is 5. The zero-order chi connectivity index (χ0) is 20.6. The molecule has 3 N–H and O–H groups in total. The number of hydrazine groups is 1. The fourth-order valence-electron chi connectivity index (χ4n) is 2.58. The van der Waals surface area contributed by atoms with Crippen molar-refractivity contribution in [2.75, 3.05) is 6.54 Å². The Bertz CT molecular complexity index is 1000. The van der Waals surface area contributed by atoms with Crippen LogP contribution in [-0.4, -0.2) is 30.4 Å². The molecule has 150 valence electrons. The number of furan rings is 1. The van der Waals surface area contributed by atoms with Gasteiger partial charge in [-0.05, 0) is 42.0 Å². The highest BCUT2D eigenvalue weighted by Crippen LogP contribution is 2.21. The van der Waals surface area contributed by atoms with Gasteiger partial charge in [-0.15, -0.1) is 0 Å². The molecule has 3 aromatic rings. The van der Waals surface area contributed by atoms with E-state index in [0.29, 0.717) is 5.75 Å². The maximum atomic E-state index is 12.1. The Labute approximate surface area is 167 Å². The van der Waals surface area contributed by atoms with E-state index in [0.717, 1.165) is 10.8 Å². The van der Waals surface area contributed by atoms with Crippen LogP contribution in [-0.2, 0) is 9.59 Å². The van der Waals surface area contributed by atoms with Crippen LogP contribution in [0.25, 0.3) is 10.8 Å². The number of rotatable bonds is 7. The van der Waals surface area contributed by atoms with Crippen molar-refractivity contribution >= 4 is 28.5 Å². The average Bonchev–Trinajstić information content (AvgIpc) is 3.27. The molecule has 0 aliphatic heterocycles. The molecule has 0 bridgehead atoms. The number of hydrogen-bond donors (Lipinski definition) is 3. The van der Waals surface area contributed by atoms with Crippen LogP contribution < -0.4 is 20.9 Å². The summed E-state index contributed by atoms with van der Waals surface area (Å²) in [5.74, 6) is -0.636. The third-order valence-electron chi connectivity index (χ3n) is 4.11. The highest BCUT2D eigenvalue weighted by Gasteiger charge is 2.16. The Balaban J connectivity index is 1.39. The molecule has 1 heterocycles. The van der Waals surface area contributed by atoms with Crippen molar-refractivity contribution in [3.8, 4) is 5.75 Å². The first-order valence-electron chi connectivity index (χ1n) is 9.09. The van der Waals surface area contributed by atoms with Gasteiger partial charge in [-0.3, -0.25) is 25.2 Å². The lowest BCUT2D eigenvalue weighted by Gasteiger charge is -2.15. The fraction of sp³-hybridized carbons (Fsp3) is 0.190. The summed E-state index contributed by atoms with van der Waals surface area (Å²) in [6, 6.07) is 16.5. The number of fused-ring (bicyclic) bond motifs is 1. The highest BCUT2D eigenvalue weighted by molar-refractivity contribution is 5.91. The number of benzene rings is 2. The third kappa shape index (κ3) is 5.58. The molecule has 0 radical (unpaired) electrons. The lowest BCUT2D eigenvalue weighted by molar-refractivity contribution is -0.132. The van der Waals surface area contributed by atoms with Crippen LogP contribution in [0, 0.1) is 0 Å². The number of nitrogens with one attached hydrogen (secondary N) is 3. The Morgan fingerprint density at radius 3 is 2.55 bits per heavy atom. The maximum Gasteiger partial charge on any atom is 0.286 e. The normalized spacial score (nSPS) is 11.5. The molecule has 2 aromatic carbocycles. The predicted molar refractivity (Wildman–Crippen MR) is 106 cm³/mol. The predicted octanol–water partition coefficient (Wildman–Crippen LogP) is 2.17. The van der Waals surface area contributed by atoms with E-state index in [1.807, 2.05) is 36.4 Å². The molecule has 0 unspecified atom stereocenters. The number of ether oxygens (including phenoxy) is 1. The molecule has 8 heteroatoms. The van der Waals surface area contributed by atoms with E-state index < -0.39 is 23.8 Å². The first-order valence-corrected chi connectivity index (χ1v) is 9.09. The molecular weight excluding hydrogens is 374 g/mol. The molecule has 8 nitrogen and oxygen atoms in total. The molecule has 3 rings (SSSR count). The van der Waals surface area contributed by atoms with Gasteiger partial charge in [0, 0.05) is 13.0 Å².